The minimum absolute atomic E-state index is 0.0128. The molecular formula is C10H14O3S. The van der Waals surface area contributed by atoms with Gasteiger partial charge < -0.3 is 9.47 Å². The zero-order valence-electron chi connectivity index (χ0n) is 8.36. The third kappa shape index (κ3) is 3.21. The first-order valence-corrected chi connectivity index (χ1v) is 5.31. The van der Waals surface area contributed by atoms with Gasteiger partial charge in [-0.05, 0) is 28.8 Å². The van der Waals surface area contributed by atoms with Crippen molar-refractivity contribution >= 4 is 17.1 Å². The second kappa shape index (κ2) is 5.90. The van der Waals surface area contributed by atoms with Gasteiger partial charge in [0.1, 0.15) is 0 Å². The van der Waals surface area contributed by atoms with Gasteiger partial charge in [0.25, 0.3) is 0 Å². The number of hydrogen-bond acceptors (Lipinski definition) is 4. The van der Waals surface area contributed by atoms with E-state index in [2.05, 4.69) is 0 Å². The van der Waals surface area contributed by atoms with Gasteiger partial charge in [0.2, 0.25) is 6.29 Å². The van der Waals surface area contributed by atoms with Gasteiger partial charge in [0.05, 0.1) is 0 Å². The van der Waals surface area contributed by atoms with Crippen LogP contribution in [0.2, 0.25) is 0 Å². The first-order valence-electron chi connectivity index (χ1n) is 4.37. The van der Waals surface area contributed by atoms with Crippen LogP contribution < -0.4 is 0 Å². The van der Waals surface area contributed by atoms with Crippen LogP contribution in [0.1, 0.15) is 12.0 Å². The van der Waals surface area contributed by atoms with Crippen molar-refractivity contribution in [2.45, 2.75) is 19.1 Å². The molecule has 0 atom stereocenters. The lowest BCUT2D eigenvalue weighted by Gasteiger charge is -2.11. The number of carbonyl (C=O) groups excluding carboxylic acids is 1. The Bertz CT molecular complexity index is 265. The van der Waals surface area contributed by atoms with Crippen molar-refractivity contribution in [3.63, 3.8) is 0 Å². The van der Waals surface area contributed by atoms with Gasteiger partial charge in [-0.2, -0.15) is 11.3 Å². The molecule has 3 nitrogen and oxygen atoms in total. The molecule has 0 aliphatic carbocycles. The molecular weight excluding hydrogens is 200 g/mol. The highest BCUT2D eigenvalue weighted by Crippen LogP contribution is 2.09. The molecule has 0 bridgehead atoms. The molecule has 1 rings (SSSR count). The average Bonchev–Trinajstić information content (AvgIpc) is 2.69. The number of thiophene rings is 1. The number of hydrogen-bond donors (Lipinski definition) is 0. The van der Waals surface area contributed by atoms with E-state index >= 15 is 0 Å². The average molecular weight is 214 g/mol. The van der Waals surface area contributed by atoms with E-state index in [1.54, 1.807) is 11.3 Å². The summed E-state index contributed by atoms with van der Waals surface area (Å²) in [5.74, 6) is -0.0128. The molecule has 0 aliphatic rings. The highest BCUT2D eigenvalue weighted by atomic mass is 32.1. The second-order valence-corrected chi connectivity index (χ2v) is 3.68. The van der Waals surface area contributed by atoms with Crippen molar-refractivity contribution in [2.75, 3.05) is 14.2 Å². The zero-order chi connectivity index (χ0) is 10.4. The highest BCUT2D eigenvalue weighted by Gasteiger charge is 2.15. The molecule has 0 aromatic carbocycles. The number of rotatable bonds is 6. The topological polar surface area (TPSA) is 35.5 Å². The Morgan fingerprint density at radius 1 is 1.50 bits per heavy atom. The van der Waals surface area contributed by atoms with Gasteiger partial charge in [0.15, 0.2) is 5.78 Å². The molecule has 0 amide bonds. The third-order valence-electron chi connectivity index (χ3n) is 1.93. The summed E-state index contributed by atoms with van der Waals surface area (Å²) < 4.78 is 9.72. The van der Waals surface area contributed by atoms with E-state index in [-0.39, 0.29) is 5.78 Å². The monoisotopic (exact) mass is 214 g/mol. The fraction of sp³-hybridized carbons (Fsp3) is 0.500. The molecule has 1 aromatic rings. The molecule has 4 heteroatoms. The third-order valence-corrected chi connectivity index (χ3v) is 2.66. The number of ether oxygens (including phenoxy) is 2. The lowest BCUT2D eigenvalue weighted by Crippen LogP contribution is -2.25. The number of ketones is 1. The summed E-state index contributed by atoms with van der Waals surface area (Å²) in [7, 11) is 2.94. The summed E-state index contributed by atoms with van der Waals surface area (Å²) >= 11 is 1.64. The predicted molar refractivity (Wildman–Crippen MR) is 55.5 cm³/mol. The summed E-state index contributed by atoms with van der Waals surface area (Å²) in [4.78, 5) is 11.5. The smallest absolute Gasteiger partial charge is 0.217 e. The number of carbonyl (C=O) groups is 1. The Balaban J connectivity index is 2.34. The maximum Gasteiger partial charge on any atom is 0.217 e. The minimum atomic E-state index is -0.714. The van der Waals surface area contributed by atoms with Crippen LogP contribution in [-0.2, 0) is 20.7 Å². The molecule has 0 spiro atoms. The van der Waals surface area contributed by atoms with Crippen molar-refractivity contribution in [3.05, 3.63) is 22.4 Å². The van der Waals surface area contributed by atoms with Crippen LogP contribution in [0.15, 0.2) is 16.8 Å². The molecule has 0 unspecified atom stereocenters. The maximum atomic E-state index is 11.5. The van der Waals surface area contributed by atoms with Gasteiger partial charge in [-0.1, -0.05) is 0 Å². The Morgan fingerprint density at radius 3 is 2.71 bits per heavy atom. The number of Topliss-reactive ketones (excluding diaryl/α,β-unsaturated/α-hetero) is 1. The van der Waals surface area contributed by atoms with E-state index in [0.717, 1.165) is 6.42 Å². The van der Waals surface area contributed by atoms with Crippen LogP contribution in [0.25, 0.3) is 0 Å². The minimum Gasteiger partial charge on any atom is -0.349 e. The van der Waals surface area contributed by atoms with Crippen molar-refractivity contribution in [1.29, 1.82) is 0 Å². The van der Waals surface area contributed by atoms with E-state index in [9.17, 15) is 4.79 Å². The molecule has 1 heterocycles. The molecule has 1 aromatic heterocycles. The Labute approximate surface area is 87.7 Å². The van der Waals surface area contributed by atoms with E-state index < -0.39 is 6.29 Å². The van der Waals surface area contributed by atoms with Crippen LogP contribution in [-0.4, -0.2) is 26.3 Å². The predicted octanol–water partition coefficient (Wildman–Crippen LogP) is 1.87. The molecule has 14 heavy (non-hydrogen) atoms. The quantitative estimate of drug-likeness (QED) is 0.678. The van der Waals surface area contributed by atoms with Gasteiger partial charge in [0, 0.05) is 20.6 Å². The number of methoxy groups -OCH3 is 2. The zero-order valence-corrected chi connectivity index (χ0v) is 9.17. The summed E-state index contributed by atoms with van der Waals surface area (Å²) in [5.41, 5.74) is 1.19. The van der Waals surface area contributed by atoms with Crippen LogP contribution in [0.3, 0.4) is 0 Å². The molecule has 0 saturated carbocycles. The standard InChI is InChI=1S/C10H14O3S/c1-12-10(13-2)9(11)4-3-8-5-6-14-7-8/h5-7,10H,3-4H2,1-2H3. The fourth-order valence-corrected chi connectivity index (χ4v) is 1.88. The van der Waals surface area contributed by atoms with Gasteiger partial charge in [-0.15, -0.1) is 0 Å². The Kier molecular flexibility index (Phi) is 4.79. The van der Waals surface area contributed by atoms with E-state index in [0.29, 0.717) is 6.42 Å². The first kappa shape index (κ1) is 11.4. The molecule has 0 aliphatic heterocycles. The Hall–Kier alpha value is -0.710. The van der Waals surface area contributed by atoms with Crippen LogP contribution >= 0.6 is 11.3 Å². The van der Waals surface area contributed by atoms with Crippen LogP contribution in [0, 0.1) is 0 Å². The molecule has 78 valence electrons. The SMILES string of the molecule is COC(OC)C(=O)CCc1ccsc1. The largest absolute Gasteiger partial charge is 0.349 e. The van der Waals surface area contributed by atoms with Crippen molar-refractivity contribution in [3.8, 4) is 0 Å². The summed E-state index contributed by atoms with van der Waals surface area (Å²) in [6.45, 7) is 0. The summed E-state index contributed by atoms with van der Waals surface area (Å²) in [6, 6.07) is 2.02. The first-order chi connectivity index (χ1) is 6.77. The van der Waals surface area contributed by atoms with E-state index in [1.165, 1.54) is 19.8 Å². The van der Waals surface area contributed by atoms with Crippen molar-refractivity contribution in [1.82, 2.24) is 0 Å². The van der Waals surface area contributed by atoms with Crippen LogP contribution in [0.5, 0.6) is 0 Å². The molecule has 0 saturated heterocycles. The maximum absolute atomic E-state index is 11.5. The number of aryl methyl sites for hydroxylation is 1. The normalized spacial score (nSPS) is 10.8. The molecule has 0 radical (unpaired) electrons. The summed E-state index contributed by atoms with van der Waals surface area (Å²) in [6.07, 6.45) is 0.503. The van der Waals surface area contributed by atoms with E-state index in [4.69, 9.17) is 9.47 Å². The Morgan fingerprint density at radius 2 is 2.21 bits per heavy atom. The lowest BCUT2D eigenvalue weighted by atomic mass is 10.1. The van der Waals surface area contributed by atoms with Crippen molar-refractivity contribution < 1.29 is 14.3 Å². The van der Waals surface area contributed by atoms with Gasteiger partial charge in [-0.25, -0.2) is 0 Å². The van der Waals surface area contributed by atoms with Crippen LogP contribution in [0.4, 0.5) is 0 Å². The summed E-state index contributed by atoms with van der Waals surface area (Å²) in [5, 5.41) is 4.05. The molecule has 0 N–H and O–H groups in total. The molecule has 0 fully saturated rings. The second-order valence-electron chi connectivity index (χ2n) is 2.90. The lowest BCUT2D eigenvalue weighted by molar-refractivity contribution is -0.156. The van der Waals surface area contributed by atoms with Gasteiger partial charge >= 0.3 is 0 Å². The van der Waals surface area contributed by atoms with Gasteiger partial charge in [-0.3, -0.25) is 4.79 Å². The fourth-order valence-electron chi connectivity index (χ4n) is 1.18. The van der Waals surface area contributed by atoms with E-state index in [1.807, 2.05) is 16.8 Å². The highest BCUT2D eigenvalue weighted by molar-refractivity contribution is 7.07. The van der Waals surface area contributed by atoms with Crippen molar-refractivity contribution in [2.24, 2.45) is 0 Å².